The minimum Gasteiger partial charge on any atom is -0.461 e. The van der Waals surface area contributed by atoms with Gasteiger partial charge in [0.1, 0.15) is 17.7 Å². The molecule has 0 aromatic heterocycles. The molecule has 218 valence electrons. The average molecular weight is 613 g/mol. The van der Waals surface area contributed by atoms with Crippen LogP contribution in [-0.4, -0.2) is 70.7 Å². The van der Waals surface area contributed by atoms with E-state index in [0.29, 0.717) is 18.1 Å². The Morgan fingerprint density at radius 3 is 2.02 bits per heavy atom. The highest BCUT2D eigenvalue weighted by Crippen LogP contribution is 2.45. The van der Waals surface area contributed by atoms with Crippen molar-refractivity contribution in [1.82, 2.24) is 9.21 Å². The summed E-state index contributed by atoms with van der Waals surface area (Å²) in [5.74, 6) is -4.66. The van der Waals surface area contributed by atoms with Crippen molar-refractivity contribution in [1.29, 1.82) is 0 Å². The highest BCUT2D eigenvalue weighted by molar-refractivity contribution is 8.00. The lowest BCUT2D eigenvalue weighted by molar-refractivity contribution is -0.158. The Balaban J connectivity index is 1.73. The minimum atomic E-state index is -6.22. The van der Waals surface area contributed by atoms with E-state index in [1.165, 1.54) is 0 Å². The molecule has 15 heteroatoms. The molecule has 1 fully saturated rings. The molecule has 0 unspecified atom stereocenters. The molecule has 2 aromatic carbocycles. The van der Waals surface area contributed by atoms with Gasteiger partial charge in [0.05, 0.1) is 0 Å². The number of carbonyl (C=O) groups is 4. The summed E-state index contributed by atoms with van der Waals surface area (Å²) in [5.41, 5.74) is -4.99. The van der Waals surface area contributed by atoms with E-state index < -0.39 is 73.4 Å². The van der Waals surface area contributed by atoms with Crippen molar-refractivity contribution in [3.05, 3.63) is 83.1 Å². The molecular formula is C26H23F3N2O8S2. The second-order valence-corrected chi connectivity index (χ2v) is 11.9. The second kappa shape index (κ2) is 11.6. The Labute approximate surface area is 237 Å². The SMILES string of the molecule is CC(=O)OCC1=C(C(=O)OC(c2ccccc2)c2ccccc2)N2C(=O)[C@@H](N(C(C)=O)S(=O)(=O)C(F)(F)F)[C@H]2SC1. The number of hydrogen-bond acceptors (Lipinski definition) is 9. The van der Waals surface area contributed by atoms with E-state index in [4.69, 9.17) is 9.47 Å². The number of amides is 2. The third-order valence-electron chi connectivity index (χ3n) is 6.21. The fourth-order valence-electron chi connectivity index (χ4n) is 4.41. The predicted octanol–water partition coefficient (Wildman–Crippen LogP) is 3.12. The highest BCUT2D eigenvalue weighted by atomic mass is 32.2. The summed E-state index contributed by atoms with van der Waals surface area (Å²) in [6.45, 7) is 1.27. The van der Waals surface area contributed by atoms with E-state index in [0.717, 1.165) is 23.6 Å². The first-order chi connectivity index (χ1) is 19.3. The molecule has 2 amide bonds. The molecule has 2 aliphatic rings. The van der Waals surface area contributed by atoms with Crippen LogP contribution in [0.3, 0.4) is 0 Å². The van der Waals surface area contributed by atoms with Crippen LogP contribution in [-0.2, 0) is 38.7 Å². The molecule has 0 bridgehead atoms. The number of nitrogens with zero attached hydrogens (tertiary/aromatic N) is 2. The standard InChI is InChI=1S/C26H23F3N2O8S2/c1-15(32)31(41(36,37)26(27,28)29)21-23(34)30-20(19(13-38-16(2)33)14-40-24(21)30)25(35)39-22(17-9-5-3-6-10-17)18-11-7-4-8-12-18/h3-12,21-22,24H,13-14H2,1-2H3/t21-,24-/m1/s1. The van der Waals surface area contributed by atoms with E-state index in [-0.39, 0.29) is 11.3 Å². The molecule has 2 aliphatic heterocycles. The lowest BCUT2D eigenvalue weighted by atomic mass is 10.0. The van der Waals surface area contributed by atoms with Crippen molar-refractivity contribution in [2.45, 2.75) is 36.9 Å². The Bertz CT molecular complexity index is 1460. The Kier molecular flexibility index (Phi) is 8.49. The van der Waals surface area contributed by atoms with Crippen LogP contribution in [0, 0.1) is 0 Å². The monoisotopic (exact) mass is 612 g/mol. The molecule has 0 N–H and O–H groups in total. The van der Waals surface area contributed by atoms with Gasteiger partial charge in [-0.2, -0.15) is 21.6 Å². The lowest BCUT2D eigenvalue weighted by Gasteiger charge is -2.52. The number of hydrogen-bond donors (Lipinski definition) is 0. The first-order valence-corrected chi connectivity index (χ1v) is 14.5. The van der Waals surface area contributed by atoms with Gasteiger partial charge in [-0.25, -0.2) is 9.10 Å². The number of thioether (sulfide) groups is 1. The summed E-state index contributed by atoms with van der Waals surface area (Å²) in [6.07, 6.45) is -0.966. The average Bonchev–Trinajstić information content (AvgIpc) is 2.92. The summed E-state index contributed by atoms with van der Waals surface area (Å²) >= 11 is 0.812. The summed E-state index contributed by atoms with van der Waals surface area (Å²) in [7, 11) is -6.22. The highest BCUT2D eigenvalue weighted by Gasteiger charge is 2.63. The Morgan fingerprint density at radius 2 is 1.56 bits per heavy atom. The molecule has 4 rings (SSSR count). The number of ether oxygens (including phenoxy) is 2. The number of fused-ring (bicyclic) bond motifs is 1. The zero-order valence-electron chi connectivity index (χ0n) is 21.5. The summed E-state index contributed by atoms with van der Waals surface area (Å²) in [6, 6.07) is 15.2. The van der Waals surface area contributed by atoms with E-state index >= 15 is 0 Å². The van der Waals surface area contributed by atoms with E-state index in [1.54, 1.807) is 60.7 Å². The van der Waals surface area contributed by atoms with Crippen LogP contribution in [0.25, 0.3) is 0 Å². The van der Waals surface area contributed by atoms with Crippen molar-refractivity contribution >= 4 is 45.5 Å². The summed E-state index contributed by atoms with van der Waals surface area (Å²) in [5, 5.41) is -1.36. The fraction of sp³-hybridized carbons (Fsp3) is 0.308. The normalized spacial score (nSPS) is 18.9. The zero-order valence-corrected chi connectivity index (χ0v) is 23.2. The van der Waals surface area contributed by atoms with Crippen LogP contribution >= 0.6 is 11.8 Å². The van der Waals surface area contributed by atoms with Gasteiger partial charge in [0.25, 0.3) is 5.91 Å². The molecule has 2 heterocycles. The predicted molar refractivity (Wildman–Crippen MR) is 139 cm³/mol. The fourth-order valence-corrected chi connectivity index (χ4v) is 6.92. The molecule has 0 aliphatic carbocycles. The van der Waals surface area contributed by atoms with Crippen molar-refractivity contribution < 1.29 is 50.2 Å². The molecule has 0 spiro atoms. The van der Waals surface area contributed by atoms with Gasteiger partial charge in [0, 0.05) is 25.2 Å². The van der Waals surface area contributed by atoms with Gasteiger partial charge in [0.15, 0.2) is 12.1 Å². The van der Waals surface area contributed by atoms with Crippen molar-refractivity contribution in [2.24, 2.45) is 0 Å². The molecule has 0 radical (unpaired) electrons. The van der Waals surface area contributed by atoms with Crippen LogP contribution in [0.5, 0.6) is 0 Å². The van der Waals surface area contributed by atoms with Gasteiger partial charge in [-0.3, -0.25) is 19.3 Å². The maximum atomic E-state index is 13.7. The van der Waals surface area contributed by atoms with E-state index in [1.807, 2.05) is 0 Å². The number of β-lactam (4-membered cyclic amide) rings is 1. The van der Waals surface area contributed by atoms with Gasteiger partial charge < -0.3 is 9.47 Å². The largest absolute Gasteiger partial charge is 0.516 e. The van der Waals surface area contributed by atoms with Crippen molar-refractivity contribution in [3.63, 3.8) is 0 Å². The molecule has 0 saturated carbocycles. The Morgan fingerprint density at radius 1 is 1.02 bits per heavy atom. The Hall–Kier alpha value is -3.85. The minimum absolute atomic E-state index is 0.117. The number of sulfonamides is 1. The molecule has 2 aromatic rings. The van der Waals surface area contributed by atoms with Crippen LogP contribution in [0.1, 0.15) is 31.1 Å². The molecule has 41 heavy (non-hydrogen) atoms. The third-order valence-corrected chi connectivity index (χ3v) is 9.12. The maximum absolute atomic E-state index is 13.7. The van der Waals surface area contributed by atoms with Gasteiger partial charge in [-0.15, -0.1) is 11.8 Å². The van der Waals surface area contributed by atoms with E-state index in [2.05, 4.69) is 0 Å². The number of halogens is 3. The van der Waals surface area contributed by atoms with Crippen molar-refractivity contribution in [2.75, 3.05) is 12.4 Å². The first-order valence-electron chi connectivity index (χ1n) is 12.0. The maximum Gasteiger partial charge on any atom is 0.516 e. The van der Waals surface area contributed by atoms with Crippen LogP contribution in [0.2, 0.25) is 0 Å². The van der Waals surface area contributed by atoms with Crippen molar-refractivity contribution in [3.8, 4) is 0 Å². The number of esters is 2. The van der Waals surface area contributed by atoms with Gasteiger partial charge in [-0.05, 0) is 11.1 Å². The third kappa shape index (κ3) is 5.81. The first kappa shape index (κ1) is 30.1. The van der Waals surface area contributed by atoms with Crippen LogP contribution in [0.15, 0.2) is 71.9 Å². The van der Waals surface area contributed by atoms with Gasteiger partial charge in [-0.1, -0.05) is 60.7 Å². The summed E-state index contributed by atoms with van der Waals surface area (Å²) < 4.78 is 74.9. The number of carbonyl (C=O) groups excluding carboxylic acids is 4. The quantitative estimate of drug-likeness (QED) is 0.326. The van der Waals surface area contributed by atoms with Crippen LogP contribution < -0.4 is 0 Å². The van der Waals surface area contributed by atoms with Gasteiger partial charge in [0.2, 0.25) is 5.91 Å². The second-order valence-electron chi connectivity index (χ2n) is 8.96. The number of benzene rings is 2. The number of alkyl halides is 3. The topological polar surface area (TPSA) is 127 Å². The van der Waals surface area contributed by atoms with E-state index in [9.17, 15) is 40.8 Å². The lowest BCUT2D eigenvalue weighted by Crippen LogP contribution is -2.72. The molecule has 1 saturated heterocycles. The molecular weight excluding hydrogens is 589 g/mol. The summed E-state index contributed by atoms with van der Waals surface area (Å²) in [4.78, 5) is 51.4. The van der Waals surface area contributed by atoms with Crippen LogP contribution in [0.4, 0.5) is 13.2 Å². The smallest absolute Gasteiger partial charge is 0.461 e. The zero-order chi connectivity index (χ0) is 30.1. The van der Waals surface area contributed by atoms with Gasteiger partial charge >= 0.3 is 27.5 Å². The molecule has 10 nitrogen and oxygen atoms in total. The number of rotatable bonds is 8. The molecule has 2 atom stereocenters.